The monoisotopic (exact) mass is 256 g/mol. The highest BCUT2D eigenvalue weighted by molar-refractivity contribution is 4.86. The van der Waals surface area contributed by atoms with Gasteiger partial charge in [0.05, 0.1) is 12.2 Å². The molecule has 0 aliphatic carbocycles. The van der Waals surface area contributed by atoms with Gasteiger partial charge in [-0.25, -0.2) is 0 Å². The minimum absolute atomic E-state index is 0.0223. The Labute approximate surface area is 113 Å². The molecular weight excluding hydrogens is 224 g/mol. The summed E-state index contributed by atoms with van der Waals surface area (Å²) in [5.41, 5.74) is -0.0223. The Morgan fingerprint density at radius 3 is 2.61 bits per heavy atom. The fourth-order valence-corrected chi connectivity index (χ4v) is 2.56. The Bertz CT molecular complexity index is 237. The zero-order valence-corrected chi connectivity index (χ0v) is 13.1. The van der Waals surface area contributed by atoms with Crippen LogP contribution in [-0.2, 0) is 4.74 Å². The fourth-order valence-electron chi connectivity index (χ4n) is 2.56. The van der Waals surface area contributed by atoms with Crippen molar-refractivity contribution in [3.63, 3.8) is 0 Å². The van der Waals surface area contributed by atoms with Crippen LogP contribution in [0.2, 0.25) is 0 Å². The van der Waals surface area contributed by atoms with Gasteiger partial charge >= 0.3 is 0 Å². The van der Waals surface area contributed by atoms with E-state index in [0.717, 1.165) is 32.2 Å². The van der Waals surface area contributed by atoms with Crippen LogP contribution in [0.1, 0.15) is 48.0 Å². The topological polar surface area (TPSA) is 24.5 Å². The van der Waals surface area contributed by atoms with Gasteiger partial charge in [-0.05, 0) is 33.6 Å². The Kier molecular flexibility index (Phi) is 6.09. The smallest absolute Gasteiger partial charge is 0.0600 e. The molecule has 1 fully saturated rings. The van der Waals surface area contributed by atoms with Crippen LogP contribution in [0.3, 0.4) is 0 Å². The van der Waals surface area contributed by atoms with E-state index in [4.69, 9.17) is 4.74 Å². The SMILES string of the molecule is CCC(C)C1CNC(C)CN1CCOC(C)(C)C. The van der Waals surface area contributed by atoms with Crippen molar-refractivity contribution in [2.45, 2.75) is 65.6 Å². The molecule has 3 atom stereocenters. The first-order chi connectivity index (χ1) is 8.33. The van der Waals surface area contributed by atoms with Gasteiger partial charge in [-0.3, -0.25) is 4.90 Å². The van der Waals surface area contributed by atoms with Crippen LogP contribution < -0.4 is 5.32 Å². The molecule has 3 unspecified atom stereocenters. The average Bonchev–Trinajstić information content (AvgIpc) is 2.26. The maximum absolute atomic E-state index is 5.87. The van der Waals surface area contributed by atoms with Crippen LogP contribution in [0.4, 0.5) is 0 Å². The van der Waals surface area contributed by atoms with Crippen LogP contribution in [0.5, 0.6) is 0 Å². The fraction of sp³-hybridized carbons (Fsp3) is 1.00. The first-order valence-corrected chi connectivity index (χ1v) is 7.45. The van der Waals surface area contributed by atoms with Gasteiger partial charge in [0.1, 0.15) is 0 Å². The quantitative estimate of drug-likeness (QED) is 0.818. The van der Waals surface area contributed by atoms with Crippen molar-refractivity contribution in [3.8, 4) is 0 Å². The number of ether oxygens (including phenoxy) is 1. The molecule has 0 aromatic rings. The zero-order chi connectivity index (χ0) is 13.8. The van der Waals surface area contributed by atoms with E-state index < -0.39 is 0 Å². The van der Waals surface area contributed by atoms with E-state index in [-0.39, 0.29) is 5.60 Å². The van der Waals surface area contributed by atoms with Crippen LogP contribution in [0.15, 0.2) is 0 Å². The molecule has 0 amide bonds. The molecule has 3 heteroatoms. The third-order valence-corrected chi connectivity index (χ3v) is 3.87. The molecule has 1 aliphatic rings. The number of piperazine rings is 1. The predicted molar refractivity (Wildman–Crippen MR) is 78.0 cm³/mol. The van der Waals surface area contributed by atoms with Crippen molar-refractivity contribution in [2.24, 2.45) is 5.92 Å². The summed E-state index contributed by atoms with van der Waals surface area (Å²) in [5.74, 6) is 0.750. The molecule has 3 nitrogen and oxygen atoms in total. The molecule has 1 rings (SSSR count). The second kappa shape index (κ2) is 6.88. The summed E-state index contributed by atoms with van der Waals surface area (Å²) in [7, 11) is 0. The summed E-state index contributed by atoms with van der Waals surface area (Å²) < 4.78 is 5.87. The summed E-state index contributed by atoms with van der Waals surface area (Å²) >= 11 is 0. The molecule has 0 bridgehead atoms. The highest BCUT2D eigenvalue weighted by atomic mass is 16.5. The summed E-state index contributed by atoms with van der Waals surface area (Å²) in [5, 5.41) is 3.60. The first kappa shape index (κ1) is 15.9. The summed E-state index contributed by atoms with van der Waals surface area (Å²) in [6.07, 6.45) is 1.25. The first-order valence-electron chi connectivity index (χ1n) is 7.45. The lowest BCUT2D eigenvalue weighted by atomic mass is 9.95. The number of nitrogens with one attached hydrogen (secondary N) is 1. The molecule has 0 radical (unpaired) electrons. The van der Waals surface area contributed by atoms with Crippen molar-refractivity contribution in [2.75, 3.05) is 26.2 Å². The minimum atomic E-state index is -0.0223. The number of hydrogen-bond donors (Lipinski definition) is 1. The van der Waals surface area contributed by atoms with Crippen LogP contribution >= 0.6 is 0 Å². The Morgan fingerprint density at radius 2 is 2.06 bits per heavy atom. The Balaban J connectivity index is 2.46. The van der Waals surface area contributed by atoms with E-state index in [9.17, 15) is 0 Å². The molecule has 0 spiro atoms. The van der Waals surface area contributed by atoms with E-state index in [1.54, 1.807) is 0 Å². The van der Waals surface area contributed by atoms with E-state index in [0.29, 0.717) is 12.1 Å². The van der Waals surface area contributed by atoms with Gasteiger partial charge in [0.15, 0.2) is 0 Å². The van der Waals surface area contributed by atoms with Crippen LogP contribution in [-0.4, -0.2) is 48.8 Å². The molecule has 1 aliphatic heterocycles. The Morgan fingerprint density at radius 1 is 1.39 bits per heavy atom. The van der Waals surface area contributed by atoms with Gasteiger partial charge in [-0.15, -0.1) is 0 Å². The lowest BCUT2D eigenvalue weighted by Crippen LogP contribution is -2.58. The van der Waals surface area contributed by atoms with Gasteiger partial charge in [-0.1, -0.05) is 20.3 Å². The highest BCUT2D eigenvalue weighted by Crippen LogP contribution is 2.18. The summed E-state index contributed by atoms with van der Waals surface area (Å²) in [6, 6.07) is 1.26. The normalized spacial score (nSPS) is 28.3. The molecule has 108 valence electrons. The van der Waals surface area contributed by atoms with Gasteiger partial charge in [0.2, 0.25) is 0 Å². The lowest BCUT2D eigenvalue weighted by molar-refractivity contribution is -0.0260. The highest BCUT2D eigenvalue weighted by Gasteiger charge is 2.29. The van der Waals surface area contributed by atoms with E-state index in [1.807, 2.05) is 0 Å². The van der Waals surface area contributed by atoms with Crippen molar-refractivity contribution in [1.82, 2.24) is 10.2 Å². The summed E-state index contributed by atoms with van der Waals surface area (Å²) in [6.45, 7) is 17.4. The van der Waals surface area contributed by atoms with E-state index >= 15 is 0 Å². The molecule has 0 saturated carbocycles. The van der Waals surface area contributed by atoms with Gasteiger partial charge in [-0.2, -0.15) is 0 Å². The molecule has 18 heavy (non-hydrogen) atoms. The maximum atomic E-state index is 5.87. The molecule has 0 aromatic carbocycles. The maximum Gasteiger partial charge on any atom is 0.0600 e. The molecular formula is C15H32N2O. The average molecular weight is 256 g/mol. The molecule has 1 N–H and O–H groups in total. The number of rotatable bonds is 5. The second-order valence-electron chi connectivity index (χ2n) is 6.72. The summed E-state index contributed by atoms with van der Waals surface area (Å²) in [4.78, 5) is 2.61. The third kappa shape index (κ3) is 5.25. The predicted octanol–water partition coefficient (Wildman–Crippen LogP) is 2.51. The number of hydrogen-bond acceptors (Lipinski definition) is 3. The Hall–Kier alpha value is -0.120. The standard InChI is InChI=1S/C15H32N2O/c1-7-12(2)14-10-16-13(3)11-17(14)8-9-18-15(4,5)6/h12-14,16H,7-11H2,1-6H3. The lowest BCUT2D eigenvalue weighted by Gasteiger charge is -2.42. The van der Waals surface area contributed by atoms with Crippen LogP contribution in [0, 0.1) is 5.92 Å². The second-order valence-corrected chi connectivity index (χ2v) is 6.72. The van der Waals surface area contributed by atoms with Crippen molar-refractivity contribution >= 4 is 0 Å². The van der Waals surface area contributed by atoms with Crippen molar-refractivity contribution in [1.29, 1.82) is 0 Å². The van der Waals surface area contributed by atoms with Gasteiger partial charge in [0, 0.05) is 31.7 Å². The van der Waals surface area contributed by atoms with Crippen LogP contribution in [0.25, 0.3) is 0 Å². The van der Waals surface area contributed by atoms with Crippen molar-refractivity contribution < 1.29 is 4.74 Å². The van der Waals surface area contributed by atoms with E-state index in [2.05, 4.69) is 51.8 Å². The zero-order valence-electron chi connectivity index (χ0n) is 13.1. The molecule has 0 aromatic heterocycles. The largest absolute Gasteiger partial charge is 0.375 e. The third-order valence-electron chi connectivity index (χ3n) is 3.87. The molecule has 1 saturated heterocycles. The van der Waals surface area contributed by atoms with Crippen molar-refractivity contribution in [3.05, 3.63) is 0 Å². The van der Waals surface area contributed by atoms with Gasteiger partial charge in [0.25, 0.3) is 0 Å². The minimum Gasteiger partial charge on any atom is -0.375 e. The van der Waals surface area contributed by atoms with E-state index in [1.165, 1.54) is 6.42 Å². The van der Waals surface area contributed by atoms with Gasteiger partial charge < -0.3 is 10.1 Å². The molecule has 1 heterocycles. The number of nitrogens with zero attached hydrogens (tertiary/aromatic N) is 1.